The Morgan fingerprint density at radius 2 is 1.84 bits per heavy atom. The lowest BCUT2D eigenvalue weighted by Crippen LogP contribution is -2.36. The predicted molar refractivity (Wildman–Crippen MR) is 76.9 cm³/mol. The third-order valence-corrected chi connectivity index (χ3v) is 4.03. The number of likely N-dealkylation sites (tertiary alicyclic amines) is 1. The molecule has 4 heteroatoms. The van der Waals surface area contributed by atoms with Crippen LogP contribution in [0.1, 0.15) is 39.5 Å². The van der Waals surface area contributed by atoms with Crippen LogP contribution in [0, 0.1) is 11.8 Å². The van der Waals surface area contributed by atoms with Crippen molar-refractivity contribution >= 4 is 11.7 Å². The van der Waals surface area contributed by atoms with Gasteiger partial charge in [-0.3, -0.25) is 9.59 Å². The lowest BCUT2D eigenvalue weighted by Gasteiger charge is -2.29. The van der Waals surface area contributed by atoms with Crippen molar-refractivity contribution in [2.75, 3.05) is 33.7 Å². The van der Waals surface area contributed by atoms with Gasteiger partial charge in [0.05, 0.1) is 0 Å². The number of carbonyl (C=O) groups is 2. The van der Waals surface area contributed by atoms with Crippen LogP contribution >= 0.6 is 0 Å². The molecule has 0 aliphatic carbocycles. The van der Waals surface area contributed by atoms with Crippen molar-refractivity contribution in [1.82, 2.24) is 9.80 Å². The molecule has 4 nitrogen and oxygen atoms in total. The highest BCUT2D eigenvalue weighted by atomic mass is 16.2. The Morgan fingerprint density at radius 3 is 2.37 bits per heavy atom. The zero-order chi connectivity index (χ0) is 14.4. The van der Waals surface area contributed by atoms with Gasteiger partial charge in [0.25, 0.3) is 5.91 Å². The molecule has 1 rings (SSSR count). The van der Waals surface area contributed by atoms with Gasteiger partial charge in [0.15, 0.2) is 0 Å². The number of piperidine rings is 1. The number of likely N-dealkylation sites (N-methyl/N-ethyl adjacent to an activating group) is 1. The van der Waals surface area contributed by atoms with Crippen LogP contribution in [0.15, 0.2) is 0 Å². The largest absolute Gasteiger partial charge is 0.339 e. The summed E-state index contributed by atoms with van der Waals surface area (Å²) in [5.74, 6) is -0.0236. The van der Waals surface area contributed by atoms with Gasteiger partial charge < -0.3 is 9.80 Å². The van der Waals surface area contributed by atoms with Crippen LogP contribution < -0.4 is 0 Å². The number of rotatable bonds is 6. The van der Waals surface area contributed by atoms with Crippen molar-refractivity contribution in [1.29, 1.82) is 0 Å². The van der Waals surface area contributed by atoms with Gasteiger partial charge in [-0.05, 0) is 51.7 Å². The number of Topliss-reactive ketones (excluding diaryl/α,β-unsaturated/α-hetero) is 1. The quantitative estimate of drug-likeness (QED) is 0.690. The SMILES string of the molecule is CC(C)C(=O)C(=O)N(C)CCCC1CCN(C)CC1. The summed E-state index contributed by atoms with van der Waals surface area (Å²) in [4.78, 5) is 27.3. The zero-order valence-corrected chi connectivity index (χ0v) is 12.8. The van der Waals surface area contributed by atoms with Crippen molar-refractivity contribution in [2.24, 2.45) is 11.8 Å². The third-order valence-electron chi connectivity index (χ3n) is 4.03. The molecule has 0 radical (unpaired) electrons. The molecule has 0 aromatic heterocycles. The van der Waals surface area contributed by atoms with Gasteiger partial charge in [0.2, 0.25) is 5.78 Å². The summed E-state index contributed by atoms with van der Waals surface area (Å²) in [5, 5.41) is 0. The van der Waals surface area contributed by atoms with E-state index in [1.807, 2.05) is 0 Å². The number of hydrogen-bond acceptors (Lipinski definition) is 3. The molecular weight excluding hydrogens is 240 g/mol. The van der Waals surface area contributed by atoms with E-state index >= 15 is 0 Å². The van der Waals surface area contributed by atoms with E-state index in [0.717, 1.165) is 12.3 Å². The van der Waals surface area contributed by atoms with Gasteiger partial charge >= 0.3 is 0 Å². The molecule has 0 N–H and O–H groups in total. The summed E-state index contributed by atoms with van der Waals surface area (Å²) in [6.07, 6.45) is 4.70. The Morgan fingerprint density at radius 1 is 1.26 bits per heavy atom. The van der Waals surface area contributed by atoms with E-state index in [9.17, 15) is 9.59 Å². The Balaban J connectivity index is 2.21. The van der Waals surface area contributed by atoms with Crippen LogP contribution in [0.3, 0.4) is 0 Å². The number of amides is 1. The Kier molecular flexibility index (Phi) is 6.49. The molecule has 1 heterocycles. The molecule has 0 saturated carbocycles. The fraction of sp³-hybridized carbons (Fsp3) is 0.867. The van der Waals surface area contributed by atoms with Crippen LogP contribution in [0.4, 0.5) is 0 Å². The normalized spacial score (nSPS) is 17.7. The van der Waals surface area contributed by atoms with Crippen molar-refractivity contribution in [2.45, 2.75) is 39.5 Å². The first-order valence-corrected chi connectivity index (χ1v) is 7.39. The molecule has 0 aromatic carbocycles. The molecule has 1 saturated heterocycles. The van der Waals surface area contributed by atoms with Gasteiger partial charge in [-0.2, -0.15) is 0 Å². The fourth-order valence-corrected chi connectivity index (χ4v) is 2.50. The summed E-state index contributed by atoms with van der Waals surface area (Å²) < 4.78 is 0. The first-order chi connectivity index (χ1) is 8.91. The second kappa shape index (κ2) is 7.63. The lowest BCUT2D eigenvalue weighted by atomic mass is 9.92. The van der Waals surface area contributed by atoms with Gasteiger partial charge in [-0.15, -0.1) is 0 Å². The van der Waals surface area contributed by atoms with Gasteiger partial charge in [-0.1, -0.05) is 13.8 Å². The van der Waals surface area contributed by atoms with Gasteiger partial charge in [0, 0.05) is 19.5 Å². The molecule has 0 unspecified atom stereocenters. The minimum absolute atomic E-state index is 0.205. The van der Waals surface area contributed by atoms with E-state index in [1.165, 1.54) is 32.4 Å². The molecule has 1 aliphatic heterocycles. The Hall–Kier alpha value is -0.900. The first-order valence-electron chi connectivity index (χ1n) is 7.39. The average Bonchev–Trinajstić information content (AvgIpc) is 2.39. The van der Waals surface area contributed by atoms with Crippen molar-refractivity contribution < 1.29 is 9.59 Å². The number of ketones is 1. The summed E-state index contributed by atoms with van der Waals surface area (Å²) in [7, 11) is 3.90. The predicted octanol–water partition coefficient (Wildman–Crippen LogP) is 1.79. The highest BCUT2D eigenvalue weighted by Gasteiger charge is 2.22. The minimum atomic E-state index is -0.335. The highest BCUT2D eigenvalue weighted by molar-refractivity contribution is 6.36. The third kappa shape index (κ3) is 5.31. The van der Waals surface area contributed by atoms with E-state index in [4.69, 9.17) is 0 Å². The molecule has 19 heavy (non-hydrogen) atoms. The molecule has 0 bridgehead atoms. The average molecular weight is 268 g/mol. The second-order valence-corrected chi connectivity index (χ2v) is 6.13. The smallest absolute Gasteiger partial charge is 0.289 e. The molecule has 110 valence electrons. The van der Waals surface area contributed by atoms with Crippen LogP contribution in [0.5, 0.6) is 0 Å². The highest BCUT2D eigenvalue weighted by Crippen LogP contribution is 2.20. The summed E-state index contributed by atoms with van der Waals surface area (Å²) in [6, 6.07) is 0. The monoisotopic (exact) mass is 268 g/mol. The topological polar surface area (TPSA) is 40.6 Å². The maximum Gasteiger partial charge on any atom is 0.289 e. The van der Waals surface area contributed by atoms with Gasteiger partial charge in [-0.25, -0.2) is 0 Å². The second-order valence-electron chi connectivity index (χ2n) is 6.13. The molecule has 1 fully saturated rings. The van der Waals surface area contributed by atoms with Crippen molar-refractivity contribution in [3.8, 4) is 0 Å². The molecule has 1 aliphatic rings. The van der Waals surface area contributed by atoms with Gasteiger partial charge in [0.1, 0.15) is 0 Å². The van der Waals surface area contributed by atoms with Crippen molar-refractivity contribution in [3.63, 3.8) is 0 Å². The van der Waals surface area contributed by atoms with E-state index < -0.39 is 0 Å². The molecule has 1 amide bonds. The Labute approximate surface area is 117 Å². The van der Waals surface area contributed by atoms with E-state index in [1.54, 1.807) is 25.8 Å². The summed E-state index contributed by atoms with van der Waals surface area (Å²) in [6.45, 7) is 6.61. The van der Waals surface area contributed by atoms with Crippen LogP contribution in [0.25, 0.3) is 0 Å². The summed E-state index contributed by atoms with van der Waals surface area (Å²) >= 11 is 0. The number of nitrogens with zero attached hydrogens (tertiary/aromatic N) is 2. The molecule has 0 aromatic rings. The first kappa shape index (κ1) is 16.2. The van der Waals surface area contributed by atoms with Crippen LogP contribution in [-0.4, -0.2) is 55.2 Å². The maximum absolute atomic E-state index is 11.8. The molecule has 0 spiro atoms. The maximum atomic E-state index is 11.8. The lowest BCUT2D eigenvalue weighted by molar-refractivity contribution is -0.145. The van der Waals surface area contributed by atoms with Crippen LogP contribution in [-0.2, 0) is 9.59 Å². The number of hydrogen-bond donors (Lipinski definition) is 0. The standard InChI is InChI=1S/C15H28N2O2/c1-12(2)14(18)15(19)17(4)9-5-6-13-7-10-16(3)11-8-13/h12-13H,5-11H2,1-4H3. The van der Waals surface area contributed by atoms with Crippen molar-refractivity contribution in [3.05, 3.63) is 0 Å². The van der Waals surface area contributed by atoms with E-state index in [-0.39, 0.29) is 17.6 Å². The summed E-state index contributed by atoms with van der Waals surface area (Å²) in [5.41, 5.74) is 0. The fourth-order valence-electron chi connectivity index (χ4n) is 2.50. The molecular formula is C15H28N2O2. The van der Waals surface area contributed by atoms with E-state index in [2.05, 4.69) is 11.9 Å². The number of carbonyl (C=O) groups excluding carboxylic acids is 2. The molecule has 0 atom stereocenters. The van der Waals surface area contributed by atoms with E-state index in [0.29, 0.717) is 6.54 Å². The van der Waals surface area contributed by atoms with Crippen LogP contribution in [0.2, 0.25) is 0 Å². The Bertz CT molecular complexity index is 307. The zero-order valence-electron chi connectivity index (χ0n) is 12.8. The minimum Gasteiger partial charge on any atom is -0.339 e.